The summed E-state index contributed by atoms with van der Waals surface area (Å²) in [6.07, 6.45) is 6.23. The molecule has 0 N–H and O–H groups in total. The van der Waals surface area contributed by atoms with Crippen molar-refractivity contribution in [2.45, 2.75) is 13.0 Å². The third-order valence-electron chi connectivity index (χ3n) is 3.35. The van der Waals surface area contributed by atoms with Crippen LogP contribution in [0.5, 0.6) is 0 Å². The van der Waals surface area contributed by atoms with Crippen molar-refractivity contribution in [2.24, 2.45) is 0 Å². The van der Waals surface area contributed by atoms with Crippen LogP contribution in [-0.4, -0.2) is 27.9 Å². The maximum atomic E-state index is 12.5. The van der Waals surface area contributed by atoms with Crippen LogP contribution in [0, 0.1) is 12.3 Å². The molecule has 5 heteroatoms. The van der Waals surface area contributed by atoms with Crippen molar-refractivity contribution in [3.8, 4) is 23.6 Å². The standard InChI is InChI=1S/C15H14N4O/c1-2-9-18-10-6-11-19-14(20)13(16-17-15(18)19)12-7-4-3-5-8-12/h1,3-5,7-8H,6,9-11H2. The van der Waals surface area contributed by atoms with Gasteiger partial charge in [-0.2, -0.15) is 0 Å². The van der Waals surface area contributed by atoms with E-state index in [1.54, 1.807) is 4.57 Å². The van der Waals surface area contributed by atoms with Crippen LogP contribution < -0.4 is 10.5 Å². The molecule has 0 atom stereocenters. The summed E-state index contributed by atoms with van der Waals surface area (Å²) in [5, 5.41) is 8.30. The molecule has 100 valence electrons. The third-order valence-corrected chi connectivity index (χ3v) is 3.35. The molecule has 0 unspecified atom stereocenters. The fourth-order valence-electron chi connectivity index (χ4n) is 2.40. The van der Waals surface area contributed by atoms with Gasteiger partial charge in [0.15, 0.2) is 5.69 Å². The van der Waals surface area contributed by atoms with E-state index in [0.29, 0.717) is 24.7 Å². The third kappa shape index (κ3) is 2.05. The van der Waals surface area contributed by atoms with E-state index in [4.69, 9.17) is 6.42 Å². The number of nitrogens with zero attached hydrogens (tertiary/aromatic N) is 4. The van der Waals surface area contributed by atoms with Crippen molar-refractivity contribution in [1.29, 1.82) is 0 Å². The summed E-state index contributed by atoms with van der Waals surface area (Å²) in [5.41, 5.74) is 1.06. The van der Waals surface area contributed by atoms with Crippen LogP contribution in [0.1, 0.15) is 6.42 Å². The molecule has 0 fully saturated rings. The molecule has 1 aliphatic heterocycles. The molecular weight excluding hydrogens is 252 g/mol. The summed E-state index contributed by atoms with van der Waals surface area (Å²) in [5.74, 6) is 3.16. The van der Waals surface area contributed by atoms with Crippen molar-refractivity contribution in [3.63, 3.8) is 0 Å². The topological polar surface area (TPSA) is 51.0 Å². The van der Waals surface area contributed by atoms with Gasteiger partial charge in [-0.3, -0.25) is 9.36 Å². The van der Waals surface area contributed by atoms with Gasteiger partial charge in [-0.1, -0.05) is 36.3 Å². The first-order valence-electron chi connectivity index (χ1n) is 6.52. The van der Waals surface area contributed by atoms with Gasteiger partial charge in [0, 0.05) is 18.7 Å². The average Bonchev–Trinajstić information content (AvgIpc) is 2.49. The van der Waals surface area contributed by atoms with Gasteiger partial charge in [-0.25, -0.2) is 0 Å². The molecule has 2 aromatic rings. The van der Waals surface area contributed by atoms with E-state index in [1.165, 1.54) is 0 Å². The second kappa shape index (κ2) is 5.17. The van der Waals surface area contributed by atoms with Crippen molar-refractivity contribution in [3.05, 3.63) is 40.7 Å². The van der Waals surface area contributed by atoms with E-state index in [-0.39, 0.29) is 5.56 Å². The Morgan fingerprint density at radius 1 is 1.20 bits per heavy atom. The molecule has 0 amide bonds. The number of rotatable bonds is 2. The lowest BCUT2D eigenvalue weighted by Gasteiger charge is -2.28. The Kier molecular flexibility index (Phi) is 3.21. The van der Waals surface area contributed by atoms with Crippen LogP contribution in [0.2, 0.25) is 0 Å². The molecular formula is C15H14N4O. The normalized spacial score (nSPS) is 13.7. The smallest absolute Gasteiger partial charge is 0.281 e. The Balaban J connectivity index is 2.11. The molecule has 0 radical (unpaired) electrons. The highest BCUT2D eigenvalue weighted by atomic mass is 16.1. The first kappa shape index (κ1) is 12.4. The number of benzene rings is 1. The van der Waals surface area contributed by atoms with E-state index in [9.17, 15) is 4.79 Å². The zero-order valence-corrected chi connectivity index (χ0v) is 11.0. The maximum Gasteiger partial charge on any atom is 0.281 e. The molecule has 1 aromatic carbocycles. The summed E-state index contributed by atoms with van der Waals surface area (Å²) >= 11 is 0. The Labute approximate surface area is 116 Å². The molecule has 1 aliphatic rings. The Morgan fingerprint density at radius 2 is 2.00 bits per heavy atom. The highest BCUT2D eigenvalue weighted by molar-refractivity contribution is 5.58. The average molecular weight is 266 g/mol. The van der Waals surface area contributed by atoms with Crippen molar-refractivity contribution in [2.75, 3.05) is 18.0 Å². The highest BCUT2D eigenvalue weighted by Gasteiger charge is 2.21. The van der Waals surface area contributed by atoms with Crippen LogP contribution >= 0.6 is 0 Å². The molecule has 3 rings (SSSR count). The zero-order valence-electron chi connectivity index (χ0n) is 11.0. The lowest BCUT2D eigenvalue weighted by molar-refractivity contribution is 0.535. The lowest BCUT2D eigenvalue weighted by atomic mass is 10.1. The number of anilines is 1. The Morgan fingerprint density at radius 3 is 2.75 bits per heavy atom. The van der Waals surface area contributed by atoms with Gasteiger partial charge >= 0.3 is 0 Å². The number of fused-ring (bicyclic) bond motifs is 1. The first-order chi connectivity index (χ1) is 9.81. The predicted molar refractivity (Wildman–Crippen MR) is 77.4 cm³/mol. The van der Waals surface area contributed by atoms with Gasteiger partial charge in [-0.05, 0) is 6.42 Å². The Hall–Kier alpha value is -2.61. The predicted octanol–water partition coefficient (Wildman–Crippen LogP) is 1.15. The molecule has 2 heterocycles. The molecule has 0 spiro atoms. The Bertz CT molecular complexity index is 715. The van der Waals surface area contributed by atoms with Crippen LogP contribution in [-0.2, 0) is 6.54 Å². The fourth-order valence-corrected chi connectivity index (χ4v) is 2.40. The van der Waals surface area contributed by atoms with Crippen molar-refractivity contribution >= 4 is 5.95 Å². The van der Waals surface area contributed by atoms with E-state index < -0.39 is 0 Å². The monoisotopic (exact) mass is 266 g/mol. The number of hydrogen-bond acceptors (Lipinski definition) is 4. The lowest BCUT2D eigenvalue weighted by Crippen LogP contribution is -2.39. The minimum atomic E-state index is -0.108. The molecule has 5 nitrogen and oxygen atoms in total. The van der Waals surface area contributed by atoms with Gasteiger partial charge in [0.1, 0.15) is 0 Å². The van der Waals surface area contributed by atoms with Gasteiger partial charge in [0.25, 0.3) is 5.56 Å². The number of terminal acetylenes is 1. The summed E-state index contributed by atoms with van der Waals surface area (Å²) in [7, 11) is 0. The number of aromatic nitrogens is 3. The van der Waals surface area contributed by atoms with Crippen molar-refractivity contribution < 1.29 is 0 Å². The largest absolute Gasteiger partial charge is 0.330 e. The van der Waals surface area contributed by atoms with E-state index in [2.05, 4.69) is 16.1 Å². The minimum Gasteiger partial charge on any atom is -0.330 e. The van der Waals surface area contributed by atoms with Crippen LogP contribution in [0.4, 0.5) is 5.95 Å². The van der Waals surface area contributed by atoms with E-state index in [0.717, 1.165) is 18.5 Å². The molecule has 0 saturated heterocycles. The summed E-state index contributed by atoms with van der Waals surface area (Å²) in [6.45, 7) is 1.91. The molecule has 0 aliphatic carbocycles. The second-order valence-corrected chi connectivity index (χ2v) is 4.65. The maximum absolute atomic E-state index is 12.5. The second-order valence-electron chi connectivity index (χ2n) is 4.65. The zero-order chi connectivity index (χ0) is 13.9. The molecule has 0 saturated carbocycles. The summed E-state index contributed by atoms with van der Waals surface area (Å²) in [4.78, 5) is 14.5. The fraction of sp³-hybridized carbons (Fsp3) is 0.267. The quantitative estimate of drug-likeness (QED) is 0.765. The van der Waals surface area contributed by atoms with Crippen LogP contribution in [0.15, 0.2) is 35.1 Å². The minimum absolute atomic E-state index is 0.108. The molecule has 1 aromatic heterocycles. The molecule has 0 bridgehead atoms. The van der Waals surface area contributed by atoms with Gasteiger partial charge in [0.05, 0.1) is 6.54 Å². The summed E-state index contributed by atoms with van der Waals surface area (Å²) < 4.78 is 1.66. The van der Waals surface area contributed by atoms with Crippen molar-refractivity contribution in [1.82, 2.24) is 14.8 Å². The van der Waals surface area contributed by atoms with E-state index >= 15 is 0 Å². The van der Waals surface area contributed by atoms with E-state index in [1.807, 2.05) is 35.2 Å². The van der Waals surface area contributed by atoms with Crippen LogP contribution in [0.3, 0.4) is 0 Å². The van der Waals surface area contributed by atoms with Crippen LogP contribution in [0.25, 0.3) is 11.3 Å². The highest BCUT2D eigenvalue weighted by Crippen LogP contribution is 2.17. The first-order valence-corrected chi connectivity index (χ1v) is 6.52. The summed E-state index contributed by atoms with van der Waals surface area (Å²) in [6, 6.07) is 9.39. The van der Waals surface area contributed by atoms with Gasteiger partial charge in [-0.15, -0.1) is 16.6 Å². The van der Waals surface area contributed by atoms with Gasteiger partial charge in [0.2, 0.25) is 5.95 Å². The molecule has 20 heavy (non-hydrogen) atoms. The SMILES string of the molecule is C#CCN1CCCn2c1nnc(-c1ccccc1)c2=O. The van der Waals surface area contributed by atoms with Gasteiger partial charge < -0.3 is 4.90 Å². The number of hydrogen-bond donors (Lipinski definition) is 0.